The maximum absolute atomic E-state index is 4.57. The molecule has 0 saturated heterocycles. The lowest BCUT2D eigenvalue weighted by Gasteiger charge is -2.27. The summed E-state index contributed by atoms with van der Waals surface area (Å²) < 4.78 is 0. The Morgan fingerprint density at radius 2 is 1.90 bits per heavy atom. The van der Waals surface area contributed by atoms with Gasteiger partial charge in [-0.1, -0.05) is 34.1 Å². The largest absolute Gasteiger partial charge is 0.370 e. The van der Waals surface area contributed by atoms with E-state index in [0.717, 1.165) is 50.5 Å². The molecule has 1 rings (SSSR count). The van der Waals surface area contributed by atoms with Gasteiger partial charge in [-0.15, -0.1) is 0 Å². The van der Waals surface area contributed by atoms with E-state index in [1.54, 1.807) is 6.33 Å². The zero-order valence-electron chi connectivity index (χ0n) is 13.7. The zero-order chi connectivity index (χ0) is 15.0. The van der Waals surface area contributed by atoms with E-state index in [9.17, 15) is 0 Å². The fourth-order valence-corrected chi connectivity index (χ4v) is 2.36. The highest BCUT2D eigenvalue weighted by molar-refractivity contribution is 5.58. The molecule has 114 valence electrons. The summed E-state index contributed by atoms with van der Waals surface area (Å²) in [6.45, 7) is 14.1. The lowest BCUT2D eigenvalue weighted by Crippen LogP contribution is -2.29. The van der Waals surface area contributed by atoms with Crippen molar-refractivity contribution in [2.45, 2.75) is 53.9 Å². The highest BCUT2D eigenvalue weighted by Crippen LogP contribution is 2.25. The first-order chi connectivity index (χ1) is 9.63. The molecule has 1 heterocycles. The smallest absolute Gasteiger partial charge is 0.137 e. The summed E-state index contributed by atoms with van der Waals surface area (Å²) in [4.78, 5) is 11.4. The first kappa shape index (κ1) is 16.7. The van der Waals surface area contributed by atoms with Gasteiger partial charge in [-0.25, -0.2) is 9.97 Å². The van der Waals surface area contributed by atoms with Crippen LogP contribution in [0.25, 0.3) is 0 Å². The Morgan fingerprint density at radius 3 is 2.45 bits per heavy atom. The zero-order valence-corrected chi connectivity index (χ0v) is 13.7. The molecule has 0 unspecified atom stereocenters. The molecule has 0 amide bonds. The number of nitrogens with one attached hydrogen (secondary N) is 1. The van der Waals surface area contributed by atoms with Gasteiger partial charge in [0.05, 0.1) is 0 Å². The molecule has 0 aliphatic heterocycles. The second kappa shape index (κ2) is 8.77. The Morgan fingerprint density at radius 1 is 1.15 bits per heavy atom. The molecule has 0 fully saturated rings. The van der Waals surface area contributed by atoms with Crippen molar-refractivity contribution in [3.63, 3.8) is 0 Å². The Hall–Kier alpha value is -1.32. The molecule has 0 spiro atoms. The second-order valence-electron chi connectivity index (χ2n) is 5.63. The van der Waals surface area contributed by atoms with Crippen LogP contribution in [0.2, 0.25) is 0 Å². The Balaban J connectivity index is 3.08. The van der Waals surface area contributed by atoms with E-state index < -0.39 is 0 Å². The van der Waals surface area contributed by atoms with Crippen molar-refractivity contribution in [3.8, 4) is 0 Å². The van der Waals surface area contributed by atoms with Crippen LogP contribution in [0.15, 0.2) is 6.33 Å². The van der Waals surface area contributed by atoms with Gasteiger partial charge in [0.2, 0.25) is 0 Å². The van der Waals surface area contributed by atoms with Gasteiger partial charge >= 0.3 is 0 Å². The normalized spacial score (nSPS) is 10.9. The highest BCUT2D eigenvalue weighted by atomic mass is 15.2. The van der Waals surface area contributed by atoms with Crippen molar-refractivity contribution in [1.82, 2.24) is 9.97 Å². The first-order valence-electron chi connectivity index (χ1n) is 7.96. The highest BCUT2D eigenvalue weighted by Gasteiger charge is 2.16. The Kier molecular flexibility index (Phi) is 7.34. The summed E-state index contributed by atoms with van der Waals surface area (Å²) in [5.74, 6) is 2.75. The van der Waals surface area contributed by atoms with Crippen molar-refractivity contribution in [1.29, 1.82) is 0 Å². The van der Waals surface area contributed by atoms with Crippen molar-refractivity contribution >= 4 is 11.6 Å². The van der Waals surface area contributed by atoms with E-state index in [1.807, 2.05) is 0 Å². The van der Waals surface area contributed by atoms with E-state index in [2.05, 4.69) is 54.8 Å². The molecule has 1 aromatic heterocycles. The fourth-order valence-electron chi connectivity index (χ4n) is 2.36. The van der Waals surface area contributed by atoms with Crippen molar-refractivity contribution < 1.29 is 0 Å². The monoisotopic (exact) mass is 278 g/mol. The van der Waals surface area contributed by atoms with Gasteiger partial charge in [0.1, 0.15) is 18.0 Å². The minimum absolute atomic E-state index is 0.631. The Bertz CT molecular complexity index is 390. The minimum Gasteiger partial charge on any atom is -0.370 e. The Labute approximate surface area is 124 Å². The van der Waals surface area contributed by atoms with Gasteiger partial charge in [0, 0.05) is 25.2 Å². The van der Waals surface area contributed by atoms with E-state index >= 15 is 0 Å². The molecule has 0 aromatic carbocycles. The topological polar surface area (TPSA) is 41.1 Å². The molecule has 4 heteroatoms. The van der Waals surface area contributed by atoms with Crippen LogP contribution in [0.3, 0.4) is 0 Å². The summed E-state index contributed by atoms with van der Waals surface area (Å²) in [6, 6.07) is 0. The van der Waals surface area contributed by atoms with Crippen molar-refractivity contribution in [2.75, 3.05) is 29.9 Å². The molecule has 0 aliphatic carbocycles. The summed E-state index contributed by atoms with van der Waals surface area (Å²) in [5.41, 5.74) is 1.27. The van der Waals surface area contributed by atoms with Crippen LogP contribution >= 0.6 is 0 Å². The number of hydrogen-bond donors (Lipinski definition) is 1. The van der Waals surface area contributed by atoms with Crippen LogP contribution < -0.4 is 10.2 Å². The summed E-state index contributed by atoms with van der Waals surface area (Å²) in [5, 5.41) is 3.44. The quantitative estimate of drug-likeness (QED) is 0.747. The average molecular weight is 278 g/mol. The third kappa shape index (κ3) is 4.66. The molecule has 1 N–H and O–H groups in total. The number of aromatic nitrogens is 2. The standard InChI is InChI=1S/C16H30N4/c1-6-9-14-15(17-10-7-2)18-12-19-16(14)20(8-3)11-13(4)5/h12-13H,6-11H2,1-5H3,(H,17,18,19). The number of anilines is 2. The van der Waals surface area contributed by atoms with Gasteiger partial charge < -0.3 is 10.2 Å². The maximum atomic E-state index is 4.57. The molecule has 0 aliphatic rings. The predicted molar refractivity (Wildman–Crippen MR) is 87.5 cm³/mol. The number of hydrogen-bond acceptors (Lipinski definition) is 4. The SMILES string of the molecule is CCCNc1ncnc(N(CC)CC(C)C)c1CCC. The molecule has 0 bridgehead atoms. The first-order valence-corrected chi connectivity index (χ1v) is 7.96. The molecule has 0 saturated carbocycles. The van der Waals surface area contributed by atoms with Crippen LogP contribution in [0.5, 0.6) is 0 Å². The molecular weight excluding hydrogens is 248 g/mol. The second-order valence-corrected chi connectivity index (χ2v) is 5.63. The van der Waals surface area contributed by atoms with Crippen molar-refractivity contribution in [2.24, 2.45) is 5.92 Å². The summed E-state index contributed by atoms with van der Waals surface area (Å²) in [6.07, 6.45) is 4.93. The molecule has 4 nitrogen and oxygen atoms in total. The molecule has 20 heavy (non-hydrogen) atoms. The van der Waals surface area contributed by atoms with Gasteiger partial charge in [-0.05, 0) is 25.7 Å². The van der Waals surface area contributed by atoms with Crippen LogP contribution in [-0.4, -0.2) is 29.6 Å². The molecule has 0 atom stereocenters. The predicted octanol–water partition coefficient (Wildman–Crippen LogP) is 3.73. The van der Waals surface area contributed by atoms with Crippen LogP contribution in [-0.2, 0) is 6.42 Å². The number of rotatable bonds is 9. The summed E-state index contributed by atoms with van der Waals surface area (Å²) in [7, 11) is 0. The van der Waals surface area contributed by atoms with Gasteiger partial charge in [0.25, 0.3) is 0 Å². The van der Waals surface area contributed by atoms with Gasteiger partial charge in [0.15, 0.2) is 0 Å². The van der Waals surface area contributed by atoms with Gasteiger partial charge in [-0.3, -0.25) is 0 Å². The number of nitrogens with zero attached hydrogens (tertiary/aromatic N) is 3. The van der Waals surface area contributed by atoms with Crippen LogP contribution in [0, 0.1) is 5.92 Å². The van der Waals surface area contributed by atoms with Crippen LogP contribution in [0.1, 0.15) is 53.0 Å². The third-order valence-corrected chi connectivity index (χ3v) is 3.23. The maximum Gasteiger partial charge on any atom is 0.137 e. The molecular formula is C16H30N4. The average Bonchev–Trinajstić information content (AvgIpc) is 2.43. The van der Waals surface area contributed by atoms with E-state index in [1.165, 1.54) is 5.56 Å². The minimum atomic E-state index is 0.631. The van der Waals surface area contributed by atoms with E-state index in [-0.39, 0.29) is 0 Å². The van der Waals surface area contributed by atoms with Crippen molar-refractivity contribution in [3.05, 3.63) is 11.9 Å². The van der Waals surface area contributed by atoms with E-state index in [4.69, 9.17) is 0 Å². The summed E-state index contributed by atoms with van der Waals surface area (Å²) >= 11 is 0. The lowest BCUT2D eigenvalue weighted by molar-refractivity contribution is 0.611. The van der Waals surface area contributed by atoms with Gasteiger partial charge in [-0.2, -0.15) is 0 Å². The fraction of sp³-hybridized carbons (Fsp3) is 0.750. The lowest BCUT2D eigenvalue weighted by atomic mass is 10.1. The van der Waals surface area contributed by atoms with Crippen LogP contribution in [0.4, 0.5) is 11.6 Å². The molecule has 0 radical (unpaired) electrons. The third-order valence-electron chi connectivity index (χ3n) is 3.23. The van der Waals surface area contributed by atoms with E-state index in [0.29, 0.717) is 5.92 Å². The molecule has 1 aromatic rings.